The normalized spacial score (nSPS) is 9.42. The first-order chi connectivity index (χ1) is 5.57. The lowest BCUT2D eigenvalue weighted by atomic mass is 10.1. The first kappa shape index (κ1) is 8.34. The molecule has 0 aliphatic rings. The summed E-state index contributed by atoms with van der Waals surface area (Å²) < 4.78 is 0. The average Bonchev–Trinajstić information content (AvgIpc) is 2.25. The lowest BCUT2D eigenvalue weighted by molar-refractivity contribution is 0.101. The third kappa shape index (κ3) is 1.05. The maximum Gasteiger partial charge on any atom is 0.163 e. The van der Waals surface area contributed by atoms with Crippen LogP contribution < -0.4 is 5.73 Å². The van der Waals surface area contributed by atoms with Crippen LogP contribution in [0, 0.1) is 18.3 Å². The van der Waals surface area contributed by atoms with Gasteiger partial charge in [0.1, 0.15) is 11.8 Å². The summed E-state index contributed by atoms with van der Waals surface area (Å²) in [4.78, 5) is 13.7. The van der Waals surface area contributed by atoms with Crippen molar-refractivity contribution in [3.05, 3.63) is 17.0 Å². The standard InChI is InChI=1S/C8H9N3O/c1-4-7(5(2)12)8(10)6(3-9)11-4/h11H,10H2,1-2H3. The van der Waals surface area contributed by atoms with E-state index in [1.54, 1.807) is 6.92 Å². The van der Waals surface area contributed by atoms with E-state index in [0.717, 1.165) is 0 Å². The fourth-order valence-electron chi connectivity index (χ4n) is 1.19. The summed E-state index contributed by atoms with van der Waals surface area (Å²) in [5.41, 5.74) is 7.13. The van der Waals surface area contributed by atoms with Crippen LogP contribution in [0.1, 0.15) is 28.7 Å². The van der Waals surface area contributed by atoms with Crippen LogP contribution in [0.5, 0.6) is 0 Å². The molecule has 0 radical (unpaired) electrons. The number of Topliss-reactive ketones (excluding diaryl/α,β-unsaturated/α-hetero) is 1. The SMILES string of the molecule is CC(=O)c1c(C)[nH]c(C#N)c1N. The number of aryl methyl sites for hydroxylation is 1. The van der Waals surface area contributed by atoms with Crippen LogP contribution in [0.25, 0.3) is 0 Å². The van der Waals surface area contributed by atoms with E-state index in [9.17, 15) is 4.79 Å². The molecule has 3 N–H and O–H groups in total. The van der Waals surface area contributed by atoms with Crippen LogP contribution in [0.15, 0.2) is 0 Å². The molecule has 12 heavy (non-hydrogen) atoms. The van der Waals surface area contributed by atoms with Crippen molar-refractivity contribution in [3.63, 3.8) is 0 Å². The van der Waals surface area contributed by atoms with E-state index in [1.165, 1.54) is 6.92 Å². The van der Waals surface area contributed by atoms with E-state index >= 15 is 0 Å². The fourth-order valence-corrected chi connectivity index (χ4v) is 1.19. The fraction of sp³-hybridized carbons (Fsp3) is 0.250. The predicted octanol–water partition coefficient (Wildman–Crippen LogP) is 0.980. The third-order valence-corrected chi connectivity index (χ3v) is 1.69. The highest BCUT2D eigenvalue weighted by Gasteiger charge is 2.14. The van der Waals surface area contributed by atoms with Crippen molar-refractivity contribution in [3.8, 4) is 6.07 Å². The molecule has 0 spiro atoms. The molecule has 1 aromatic heterocycles. The highest BCUT2D eigenvalue weighted by atomic mass is 16.1. The molecule has 0 unspecified atom stereocenters. The van der Waals surface area contributed by atoms with Crippen LogP contribution in [0.4, 0.5) is 5.69 Å². The number of nitrogens with two attached hydrogens (primary N) is 1. The van der Waals surface area contributed by atoms with Crippen molar-refractivity contribution < 1.29 is 4.79 Å². The summed E-state index contributed by atoms with van der Waals surface area (Å²) in [7, 11) is 0. The maximum atomic E-state index is 11.0. The second-order valence-corrected chi connectivity index (χ2v) is 2.58. The van der Waals surface area contributed by atoms with Gasteiger partial charge in [-0.25, -0.2) is 0 Å². The van der Waals surface area contributed by atoms with Crippen molar-refractivity contribution in [2.75, 3.05) is 5.73 Å². The molecule has 0 atom stereocenters. The number of ketones is 1. The predicted molar refractivity (Wildman–Crippen MR) is 44.7 cm³/mol. The molecule has 0 amide bonds. The Morgan fingerprint density at radius 1 is 1.67 bits per heavy atom. The largest absolute Gasteiger partial charge is 0.396 e. The van der Waals surface area contributed by atoms with Gasteiger partial charge in [0.2, 0.25) is 0 Å². The van der Waals surface area contributed by atoms with E-state index in [2.05, 4.69) is 4.98 Å². The van der Waals surface area contributed by atoms with Crippen molar-refractivity contribution in [1.82, 2.24) is 4.98 Å². The Hall–Kier alpha value is -1.76. The molecule has 62 valence electrons. The van der Waals surface area contributed by atoms with Crippen molar-refractivity contribution in [2.24, 2.45) is 0 Å². The number of nitrogens with one attached hydrogen (secondary N) is 1. The van der Waals surface area contributed by atoms with Crippen LogP contribution in [0.3, 0.4) is 0 Å². The van der Waals surface area contributed by atoms with Crippen molar-refractivity contribution in [1.29, 1.82) is 5.26 Å². The second-order valence-electron chi connectivity index (χ2n) is 2.58. The molecular formula is C8H9N3O. The zero-order chi connectivity index (χ0) is 9.30. The van der Waals surface area contributed by atoms with Crippen LogP contribution in [-0.4, -0.2) is 10.8 Å². The second kappa shape index (κ2) is 2.70. The summed E-state index contributed by atoms with van der Waals surface area (Å²) in [6, 6.07) is 1.88. The molecule has 1 aromatic rings. The number of carbonyl (C=O) groups excluding carboxylic acids is 1. The van der Waals surface area contributed by atoms with Gasteiger partial charge in [-0.2, -0.15) is 5.26 Å². The number of rotatable bonds is 1. The molecule has 0 fully saturated rings. The number of nitrogen functional groups attached to an aromatic ring is 1. The molecule has 0 bridgehead atoms. The zero-order valence-corrected chi connectivity index (χ0v) is 6.93. The van der Waals surface area contributed by atoms with E-state index < -0.39 is 0 Å². The Labute approximate surface area is 70.0 Å². The monoisotopic (exact) mass is 163 g/mol. The Kier molecular flexibility index (Phi) is 1.88. The smallest absolute Gasteiger partial charge is 0.163 e. The Morgan fingerprint density at radius 2 is 2.25 bits per heavy atom. The first-order valence-electron chi connectivity index (χ1n) is 3.47. The summed E-state index contributed by atoms with van der Waals surface area (Å²) in [5.74, 6) is -0.122. The molecule has 0 aliphatic heterocycles. The number of hydrogen-bond acceptors (Lipinski definition) is 3. The minimum Gasteiger partial charge on any atom is -0.396 e. The van der Waals surface area contributed by atoms with Crippen LogP contribution in [0.2, 0.25) is 0 Å². The molecule has 4 heteroatoms. The molecule has 4 nitrogen and oxygen atoms in total. The third-order valence-electron chi connectivity index (χ3n) is 1.69. The maximum absolute atomic E-state index is 11.0. The van der Waals surface area contributed by atoms with Gasteiger partial charge in [0.05, 0.1) is 11.3 Å². The average molecular weight is 163 g/mol. The molecule has 0 aliphatic carbocycles. The highest BCUT2D eigenvalue weighted by molar-refractivity contribution is 6.01. The van der Waals surface area contributed by atoms with Gasteiger partial charge >= 0.3 is 0 Å². The number of anilines is 1. The van der Waals surface area contributed by atoms with Crippen LogP contribution >= 0.6 is 0 Å². The van der Waals surface area contributed by atoms with Gasteiger partial charge < -0.3 is 10.7 Å². The molecule has 0 saturated heterocycles. The van der Waals surface area contributed by atoms with Gasteiger partial charge in [0.25, 0.3) is 0 Å². The number of nitrogens with zero attached hydrogens (tertiary/aromatic N) is 1. The molecular weight excluding hydrogens is 154 g/mol. The first-order valence-corrected chi connectivity index (χ1v) is 3.47. The summed E-state index contributed by atoms with van der Waals surface area (Å²) >= 11 is 0. The number of aromatic nitrogens is 1. The van der Waals surface area contributed by atoms with Gasteiger partial charge in [-0.05, 0) is 13.8 Å². The van der Waals surface area contributed by atoms with E-state index in [-0.39, 0.29) is 17.2 Å². The lowest BCUT2D eigenvalue weighted by Gasteiger charge is -1.93. The quantitative estimate of drug-likeness (QED) is 0.605. The van der Waals surface area contributed by atoms with Gasteiger partial charge in [0, 0.05) is 5.69 Å². The Balaban J connectivity index is 3.40. The number of hydrogen-bond donors (Lipinski definition) is 2. The molecule has 1 rings (SSSR count). The van der Waals surface area contributed by atoms with E-state index in [1.807, 2.05) is 6.07 Å². The van der Waals surface area contributed by atoms with E-state index in [4.69, 9.17) is 11.0 Å². The number of aromatic amines is 1. The Morgan fingerprint density at radius 3 is 2.50 bits per heavy atom. The van der Waals surface area contributed by atoms with Gasteiger partial charge in [-0.3, -0.25) is 4.79 Å². The van der Waals surface area contributed by atoms with Gasteiger partial charge in [-0.15, -0.1) is 0 Å². The lowest BCUT2D eigenvalue weighted by Crippen LogP contribution is -1.98. The van der Waals surface area contributed by atoms with E-state index in [0.29, 0.717) is 11.3 Å². The number of carbonyl (C=O) groups is 1. The Bertz CT molecular complexity index is 370. The van der Waals surface area contributed by atoms with Crippen LogP contribution in [-0.2, 0) is 0 Å². The highest BCUT2D eigenvalue weighted by Crippen LogP contribution is 2.20. The minimum absolute atomic E-state index is 0.122. The topological polar surface area (TPSA) is 82.7 Å². The number of H-pyrrole nitrogens is 1. The van der Waals surface area contributed by atoms with Gasteiger partial charge in [-0.1, -0.05) is 0 Å². The number of nitriles is 1. The molecule has 0 saturated carbocycles. The van der Waals surface area contributed by atoms with Crippen molar-refractivity contribution >= 4 is 11.5 Å². The zero-order valence-electron chi connectivity index (χ0n) is 6.93. The summed E-state index contributed by atoms with van der Waals surface area (Å²) in [5, 5.41) is 8.57. The van der Waals surface area contributed by atoms with Gasteiger partial charge in [0.15, 0.2) is 5.78 Å². The minimum atomic E-state index is -0.122. The summed E-state index contributed by atoms with van der Waals surface area (Å²) in [6.07, 6.45) is 0. The molecule has 0 aromatic carbocycles. The molecule has 1 heterocycles. The van der Waals surface area contributed by atoms with Crippen molar-refractivity contribution in [2.45, 2.75) is 13.8 Å². The summed E-state index contributed by atoms with van der Waals surface area (Å²) in [6.45, 7) is 3.14.